The van der Waals surface area contributed by atoms with E-state index in [1.54, 1.807) is 0 Å². The van der Waals surface area contributed by atoms with Gasteiger partial charge in [0, 0.05) is 12.1 Å². The lowest BCUT2D eigenvalue weighted by Gasteiger charge is -2.40. The molecular weight excluding hydrogens is 232 g/mol. The Hall–Kier alpha value is -0.0800. The minimum atomic E-state index is 0.113. The molecule has 1 heterocycles. The molecule has 3 unspecified atom stereocenters. The predicted molar refractivity (Wildman–Crippen MR) is 83.2 cm³/mol. The second-order valence-corrected chi connectivity index (χ2v) is 7.43. The molecule has 0 bridgehead atoms. The maximum Gasteiger partial charge on any atom is 0.0285 e. The molecule has 2 fully saturated rings. The van der Waals surface area contributed by atoms with Crippen LogP contribution in [0.25, 0.3) is 0 Å². The lowest BCUT2D eigenvalue weighted by Crippen LogP contribution is -2.53. The molecule has 0 aromatic rings. The number of rotatable bonds is 4. The van der Waals surface area contributed by atoms with Gasteiger partial charge in [-0.15, -0.1) is 0 Å². The summed E-state index contributed by atoms with van der Waals surface area (Å²) in [5.41, 5.74) is 6.80. The molecule has 2 rings (SSSR count). The first-order chi connectivity index (χ1) is 9.11. The second kappa shape index (κ2) is 7.08. The second-order valence-electron chi connectivity index (χ2n) is 7.43. The first kappa shape index (κ1) is 15.3. The van der Waals surface area contributed by atoms with Crippen molar-refractivity contribution in [3.8, 4) is 0 Å². The van der Waals surface area contributed by atoms with Crippen LogP contribution in [0.1, 0.15) is 71.6 Å². The van der Waals surface area contributed by atoms with Crippen LogP contribution in [-0.2, 0) is 0 Å². The Morgan fingerprint density at radius 2 is 2.00 bits per heavy atom. The van der Waals surface area contributed by atoms with E-state index >= 15 is 0 Å². The molecule has 112 valence electrons. The zero-order valence-corrected chi connectivity index (χ0v) is 13.2. The fraction of sp³-hybridized carbons (Fsp3) is 1.00. The van der Waals surface area contributed by atoms with E-state index in [2.05, 4.69) is 18.7 Å². The van der Waals surface area contributed by atoms with Crippen LogP contribution in [0, 0.1) is 11.8 Å². The standard InChI is InChI=1S/C17H34N2/c1-3-6-16-8-5-11-19(12-9-16)14-17(18)10-4-7-15(2)13-17/h15-16H,3-14,18H2,1-2H3. The highest BCUT2D eigenvalue weighted by atomic mass is 15.1. The normalized spacial score (nSPS) is 38.1. The SMILES string of the molecule is CCCC1CCCN(CC2(N)CCCC(C)C2)CC1. The Morgan fingerprint density at radius 3 is 2.74 bits per heavy atom. The first-order valence-corrected chi connectivity index (χ1v) is 8.62. The summed E-state index contributed by atoms with van der Waals surface area (Å²) < 4.78 is 0. The molecule has 2 heteroatoms. The van der Waals surface area contributed by atoms with Crippen molar-refractivity contribution in [3.05, 3.63) is 0 Å². The van der Waals surface area contributed by atoms with Crippen LogP contribution in [0.3, 0.4) is 0 Å². The van der Waals surface area contributed by atoms with Gasteiger partial charge >= 0.3 is 0 Å². The molecule has 3 atom stereocenters. The summed E-state index contributed by atoms with van der Waals surface area (Å²) in [6, 6.07) is 0. The van der Waals surface area contributed by atoms with Gasteiger partial charge in [0.2, 0.25) is 0 Å². The van der Waals surface area contributed by atoms with Gasteiger partial charge in [-0.25, -0.2) is 0 Å². The van der Waals surface area contributed by atoms with Gasteiger partial charge in [0.25, 0.3) is 0 Å². The summed E-state index contributed by atoms with van der Waals surface area (Å²) in [7, 11) is 0. The van der Waals surface area contributed by atoms with E-state index in [0.717, 1.165) is 18.4 Å². The summed E-state index contributed by atoms with van der Waals surface area (Å²) in [5, 5.41) is 0. The summed E-state index contributed by atoms with van der Waals surface area (Å²) in [4.78, 5) is 2.67. The van der Waals surface area contributed by atoms with Gasteiger partial charge in [-0.3, -0.25) is 0 Å². The molecule has 1 aliphatic heterocycles. The van der Waals surface area contributed by atoms with Crippen molar-refractivity contribution in [2.75, 3.05) is 19.6 Å². The molecular formula is C17H34N2. The number of hydrogen-bond donors (Lipinski definition) is 1. The highest BCUT2D eigenvalue weighted by Gasteiger charge is 2.33. The maximum atomic E-state index is 6.68. The first-order valence-electron chi connectivity index (χ1n) is 8.62. The van der Waals surface area contributed by atoms with E-state index in [1.807, 2.05) is 0 Å². The van der Waals surface area contributed by atoms with Gasteiger partial charge in [0.15, 0.2) is 0 Å². The maximum absolute atomic E-state index is 6.68. The zero-order chi connectivity index (χ0) is 13.7. The minimum Gasteiger partial charge on any atom is -0.324 e. The van der Waals surface area contributed by atoms with Crippen LogP contribution in [0.15, 0.2) is 0 Å². The topological polar surface area (TPSA) is 29.3 Å². The van der Waals surface area contributed by atoms with Crippen LogP contribution in [0.5, 0.6) is 0 Å². The largest absolute Gasteiger partial charge is 0.324 e. The molecule has 0 radical (unpaired) electrons. The smallest absolute Gasteiger partial charge is 0.0285 e. The molecule has 1 saturated carbocycles. The van der Waals surface area contributed by atoms with Crippen molar-refractivity contribution in [2.24, 2.45) is 17.6 Å². The Bertz CT molecular complexity index is 266. The Kier molecular flexibility index (Phi) is 5.70. The highest BCUT2D eigenvalue weighted by molar-refractivity contribution is 4.92. The monoisotopic (exact) mass is 266 g/mol. The molecule has 1 aliphatic carbocycles. The van der Waals surface area contributed by atoms with Crippen LogP contribution in [-0.4, -0.2) is 30.1 Å². The van der Waals surface area contributed by atoms with Gasteiger partial charge in [0.1, 0.15) is 0 Å². The Labute approximate surface area is 120 Å². The lowest BCUT2D eigenvalue weighted by molar-refractivity contribution is 0.152. The van der Waals surface area contributed by atoms with E-state index < -0.39 is 0 Å². The van der Waals surface area contributed by atoms with E-state index in [-0.39, 0.29) is 5.54 Å². The van der Waals surface area contributed by atoms with Crippen molar-refractivity contribution >= 4 is 0 Å². The van der Waals surface area contributed by atoms with E-state index in [9.17, 15) is 0 Å². The fourth-order valence-electron chi connectivity index (χ4n) is 4.37. The lowest BCUT2D eigenvalue weighted by atomic mass is 9.77. The molecule has 0 spiro atoms. The van der Waals surface area contributed by atoms with Gasteiger partial charge in [-0.2, -0.15) is 0 Å². The zero-order valence-electron chi connectivity index (χ0n) is 13.2. The van der Waals surface area contributed by atoms with Gasteiger partial charge in [0.05, 0.1) is 0 Å². The third-order valence-electron chi connectivity index (χ3n) is 5.30. The number of likely N-dealkylation sites (tertiary alicyclic amines) is 1. The van der Waals surface area contributed by atoms with Crippen LogP contribution in [0.4, 0.5) is 0 Å². The van der Waals surface area contributed by atoms with Gasteiger partial charge in [-0.1, -0.05) is 39.5 Å². The summed E-state index contributed by atoms with van der Waals surface area (Å²) in [5.74, 6) is 1.81. The number of nitrogens with zero attached hydrogens (tertiary/aromatic N) is 1. The molecule has 0 amide bonds. The third kappa shape index (κ3) is 4.75. The minimum absolute atomic E-state index is 0.113. The molecule has 2 N–H and O–H groups in total. The quantitative estimate of drug-likeness (QED) is 0.838. The van der Waals surface area contributed by atoms with E-state index in [0.29, 0.717) is 0 Å². The molecule has 0 aromatic heterocycles. The van der Waals surface area contributed by atoms with Gasteiger partial charge in [-0.05, 0) is 57.0 Å². The van der Waals surface area contributed by atoms with Crippen molar-refractivity contribution in [1.82, 2.24) is 4.90 Å². The van der Waals surface area contributed by atoms with Crippen molar-refractivity contribution < 1.29 is 0 Å². The van der Waals surface area contributed by atoms with Crippen LogP contribution >= 0.6 is 0 Å². The summed E-state index contributed by atoms with van der Waals surface area (Å²) in [6.07, 6.45) is 12.2. The average Bonchev–Trinajstić information content (AvgIpc) is 2.55. The fourth-order valence-corrected chi connectivity index (χ4v) is 4.37. The number of nitrogens with two attached hydrogens (primary N) is 1. The molecule has 19 heavy (non-hydrogen) atoms. The Balaban J connectivity index is 1.82. The predicted octanol–water partition coefficient (Wildman–Crippen LogP) is 3.80. The Morgan fingerprint density at radius 1 is 1.16 bits per heavy atom. The van der Waals surface area contributed by atoms with Crippen molar-refractivity contribution in [1.29, 1.82) is 0 Å². The van der Waals surface area contributed by atoms with E-state index in [4.69, 9.17) is 5.73 Å². The van der Waals surface area contributed by atoms with Crippen LogP contribution in [0.2, 0.25) is 0 Å². The third-order valence-corrected chi connectivity index (χ3v) is 5.30. The molecule has 1 saturated heterocycles. The summed E-state index contributed by atoms with van der Waals surface area (Å²) >= 11 is 0. The molecule has 0 aromatic carbocycles. The van der Waals surface area contributed by atoms with E-state index in [1.165, 1.54) is 70.9 Å². The van der Waals surface area contributed by atoms with Gasteiger partial charge < -0.3 is 10.6 Å². The highest BCUT2D eigenvalue weighted by Crippen LogP contribution is 2.32. The van der Waals surface area contributed by atoms with Crippen molar-refractivity contribution in [2.45, 2.75) is 77.2 Å². The molecule has 2 nitrogen and oxygen atoms in total. The molecule has 2 aliphatic rings. The summed E-state index contributed by atoms with van der Waals surface area (Å²) in [6.45, 7) is 8.42. The van der Waals surface area contributed by atoms with Crippen LogP contribution < -0.4 is 5.73 Å². The average molecular weight is 266 g/mol. The van der Waals surface area contributed by atoms with Crippen molar-refractivity contribution in [3.63, 3.8) is 0 Å². The number of hydrogen-bond acceptors (Lipinski definition) is 2.